The third-order valence-corrected chi connectivity index (χ3v) is 2.87. The molecule has 1 saturated heterocycles. The molecular formula is C9H11N5O5. The topological polar surface area (TPSA) is 137 Å². The molecule has 0 amide bonds. The van der Waals surface area contributed by atoms with Crippen LogP contribution in [0.15, 0.2) is 17.4 Å². The van der Waals surface area contributed by atoms with Crippen molar-refractivity contribution in [1.82, 2.24) is 19.6 Å². The van der Waals surface area contributed by atoms with Gasteiger partial charge in [0.15, 0.2) is 17.4 Å². The van der Waals surface area contributed by atoms with Crippen LogP contribution in [0.25, 0.3) is 11.2 Å². The molecular weight excluding hydrogens is 258 g/mol. The van der Waals surface area contributed by atoms with Gasteiger partial charge in [0, 0.05) is 0 Å². The molecule has 1 fully saturated rings. The first-order valence-corrected chi connectivity index (χ1v) is 5.47. The fourth-order valence-corrected chi connectivity index (χ4v) is 1.88. The third-order valence-electron chi connectivity index (χ3n) is 2.87. The molecule has 0 aromatic carbocycles. The summed E-state index contributed by atoms with van der Waals surface area (Å²) in [6.45, 7) is -0.463. The molecule has 102 valence electrons. The summed E-state index contributed by atoms with van der Waals surface area (Å²) in [6, 6.07) is 0. The van der Waals surface area contributed by atoms with Crippen LogP contribution >= 0.6 is 0 Å². The summed E-state index contributed by atoms with van der Waals surface area (Å²) in [5.41, 5.74) is -0.203. The fraction of sp³-hybridized carbons (Fsp3) is 0.444. The van der Waals surface area contributed by atoms with Crippen LogP contribution in [0.4, 0.5) is 0 Å². The maximum absolute atomic E-state index is 11.5. The van der Waals surface area contributed by atoms with Crippen molar-refractivity contribution < 1.29 is 20.2 Å². The average Bonchev–Trinajstić information content (AvgIpc) is 2.94. The summed E-state index contributed by atoms with van der Waals surface area (Å²) >= 11 is 0. The molecule has 0 saturated carbocycles. The Labute approximate surface area is 105 Å². The number of H-pyrrole nitrogens is 1. The number of hydroxylamine groups is 1. The summed E-state index contributed by atoms with van der Waals surface area (Å²) in [5, 5.41) is 29.4. The molecule has 10 nitrogen and oxygen atoms in total. The summed E-state index contributed by atoms with van der Waals surface area (Å²) in [5.74, 6) is 0. The number of nitrogens with one attached hydrogen (secondary N) is 1. The minimum absolute atomic E-state index is 0.0697. The van der Waals surface area contributed by atoms with E-state index in [1.165, 1.54) is 17.3 Å². The zero-order valence-corrected chi connectivity index (χ0v) is 9.54. The number of aliphatic hydroxyl groups is 3. The number of rotatable bonds is 2. The van der Waals surface area contributed by atoms with Crippen LogP contribution in [0.2, 0.25) is 0 Å². The van der Waals surface area contributed by atoms with E-state index < -0.39 is 30.6 Å². The van der Waals surface area contributed by atoms with Crippen molar-refractivity contribution in [2.45, 2.75) is 18.4 Å². The molecule has 1 aliphatic rings. The van der Waals surface area contributed by atoms with E-state index in [1.807, 2.05) is 0 Å². The Morgan fingerprint density at radius 3 is 2.89 bits per heavy atom. The largest absolute Gasteiger partial charge is 0.393 e. The fourth-order valence-electron chi connectivity index (χ4n) is 1.88. The van der Waals surface area contributed by atoms with Crippen molar-refractivity contribution in [1.29, 1.82) is 0 Å². The number of hydrogen-bond donors (Lipinski definition) is 4. The van der Waals surface area contributed by atoms with E-state index in [0.717, 1.165) is 5.17 Å². The van der Waals surface area contributed by atoms with Crippen molar-refractivity contribution in [2.24, 2.45) is 0 Å². The van der Waals surface area contributed by atoms with Gasteiger partial charge in [-0.1, -0.05) is 0 Å². The Bertz CT molecular complexity index is 654. The van der Waals surface area contributed by atoms with Crippen molar-refractivity contribution in [3.8, 4) is 0 Å². The minimum atomic E-state index is -1.41. The molecule has 0 radical (unpaired) electrons. The Morgan fingerprint density at radius 1 is 1.42 bits per heavy atom. The van der Waals surface area contributed by atoms with Crippen molar-refractivity contribution >= 4 is 11.2 Å². The van der Waals surface area contributed by atoms with Crippen LogP contribution in [-0.2, 0) is 4.84 Å². The molecule has 0 aliphatic carbocycles. The predicted octanol–water partition coefficient (Wildman–Crippen LogP) is -2.96. The van der Waals surface area contributed by atoms with Crippen LogP contribution in [0, 0.1) is 0 Å². The first-order valence-electron chi connectivity index (χ1n) is 5.47. The van der Waals surface area contributed by atoms with Gasteiger partial charge in [-0.3, -0.25) is 4.79 Å². The Kier molecular flexibility index (Phi) is 2.71. The van der Waals surface area contributed by atoms with Crippen molar-refractivity contribution in [3.05, 3.63) is 23.0 Å². The van der Waals surface area contributed by atoms with Gasteiger partial charge < -0.3 is 20.3 Å². The predicted molar refractivity (Wildman–Crippen MR) is 60.3 cm³/mol. The van der Waals surface area contributed by atoms with Crippen LogP contribution in [-0.4, -0.2) is 60.0 Å². The number of aromatic nitrogens is 4. The number of aliphatic hydroxyl groups excluding tert-OH is 3. The summed E-state index contributed by atoms with van der Waals surface area (Å²) in [6.07, 6.45) is -1.25. The SMILES string of the molecule is O=c1[nH]cnc2c1ncn2N1O[C@H](CO)[C@@H](O)[C@H]1O. The van der Waals surface area contributed by atoms with Gasteiger partial charge in [-0.15, -0.1) is 0 Å². The molecule has 4 N–H and O–H groups in total. The second-order valence-electron chi connectivity index (χ2n) is 4.03. The Morgan fingerprint density at radius 2 is 2.21 bits per heavy atom. The van der Waals surface area contributed by atoms with E-state index in [4.69, 9.17) is 9.94 Å². The lowest BCUT2D eigenvalue weighted by molar-refractivity contribution is -0.0214. The number of fused-ring (bicyclic) bond motifs is 1. The molecule has 2 aromatic rings. The van der Waals surface area contributed by atoms with Gasteiger partial charge in [0.05, 0.1) is 12.9 Å². The molecule has 3 atom stereocenters. The first-order chi connectivity index (χ1) is 9.13. The first kappa shape index (κ1) is 12.0. The smallest absolute Gasteiger partial charge is 0.278 e. The lowest BCUT2D eigenvalue weighted by atomic mass is 10.2. The second kappa shape index (κ2) is 4.28. The van der Waals surface area contributed by atoms with Crippen LogP contribution < -0.4 is 10.7 Å². The van der Waals surface area contributed by atoms with Crippen LogP contribution in [0.1, 0.15) is 0 Å². The highest BCUT2D eigenvalue weighted by Crippen LogP contribution is 2.20. The molecule has 2 aromatic heterocycles. The molecule has 10 heteroatoms. The highest BCUT2D eigenvalue weighted by atomic mass is 16.8. The molecule has 19 heavy (non-hydrogen) atoms. The maximum Gasteiger partial charge on any atom is 0.278 e. The lowest BCUT2D eigenvalue weighted by Crippen LogP contribution is -2.41. The quantitative estimate of drug-likeness (QED) is 0.454. The highest BCUT2D eigenvalue weighted by Gasteiger charge is 2.42. The van der Waals surface area contributed by atoms with Crippen molar-refractivity contribution in [2.75, 3.05) is 11.8 Å². The summed E-state index contributed by atoms with van der Waals surface area (Å²) in [7, 11) is 0. The van der Waals surface area contributed by atoms with Gasteiger partial charge in [0.1, 0.15) is 18.5 Å². The average molecular weight is 269 g/mol. The Hall–Kier alpha value is -2.01. The molecule has 0 unspecified atom stereocenters. The van der Waals surface area contributed by atoms with E-state index in [-0.39, 0.29) is 11.2 Å². The van der Waals surface area contributed by atoms with Crippen LogP contribution in [0.3, 0.4) is 0 Å². The van der Waals surface area contributed by atoms with E-state index >= 15 is 0 Å². The Balaban J connectivity index is 2.06. The molecule has 0 bridgehead atoms. The number of aromatic amines is 1. The lowest BCUT2D eigenvalue weighted by Gasteiger charge is -2.21. The number of hydrogen-bond acceptors (Lipinski definition) is 8. The highest BCUT2D eigenvalue weighted by molar-refractivity contribution is 5.69. The monoisotopic (exact) mass is 269 g/mol. The van der Waals surface area contributed by atoms with Gasteiger partial charge >= 0.3 is 0 Å². The maximum atomic E-state index is 11.5. The zero-order valence-electron chi connectivity index (χ0n) is 9.54. The van der Waals surface area contributed by atoms with Crippen molar-refractivity contribution in [3.63, 3.8) is 0 Å². The van der Waals surface area contributed by atoms with Gasteiger partial charge in [-0.2, -0.15) is 9.85 Å². The summed E-state index contributed by atoms with van der Waals surface area (Å²) in [4.78, 5) is 26.8. The minimum Gasteiger partial charge on any atom is -0.393 e. The van der Waals surface area contributed by atoms with Gasteiger partial charge in [-0.25, -0.2) is 14.8 Å². The normalized spacial score (nSPS) is 27.3. The second-order valence-corrected chi connectivity index (χ2v) is 4.03. The molecule has 3 heterocycles. The van der Waals surface area contributed by atoms with E-state index in [2.05, 4.69) is 15.0 Å². The van der Waals surface area contributed by atoms with E-state index in [1.54, 1.807) is 0 Å². The van der Waals surface area contributed by atoms with Gasteiger partial charge in [-0.05, 0) is 0 Å². The van der Waals surface area contributed by atoms with E-state index in [0.29, 0.717) is 0 Å². The van der Waals surface area contributed by atoms with E-state index in [9.17, 15) is 15.0 Å². The molecule has 0 spiro atoms. The van der Waals surface area contributed by atoms with Gasteiger partial charge in [0.25, 0.3) is 5.56 Å². The number of imidazole rings is 1. The standard InChI is InChI=1S/C9H11N5O5/c15-1-4-6(16)9(18)14(19-4)13-3-12-5-7(13)10-2-11-8(5)17/h2-4,6,9,15-16,18H,1H2,(H,10,11,17)/t4-,6-,9-/m1/s1. The number of nitrogens with zero attached hydrogens (tertiary/aromatic N) is 4. The zero-order chi connectivity index (χ0) is 13.6. The molecule has 1 aliphatic heterocycles. The molecule has 3 rings (SSSR count). The van der Waals surface area contributed by atoms with Crippen LogP contribution in [0.5, 0.6) is 0 Å². The summed E-state index contributed by atoms with van der Waals surface area (Å²) < 4.78 is 1.19. The third kappa shape index (κ3) is 1.69. The van der Waals surface area contributed by atoms with Gasteiger partial charge in [0.2, 0.25) is 0 Å².